The molecule has 3 N–H and O–H groups in total. The molecule has 0 spiro atoms. The van der Waals surface area contributed by atoms with Gasteiger partial charge in [0.05, 0.1) is 5.54 Å². The van der Waals surface area contributed by atoms with Crippen molar-refractivity contribution in [1.82, 2.24) is 5.32 Å². The Hall–Kier alpha value is -0.280. The van der Waals surface area contributed by atoms with Crippen LogP contribution in [0.2, 0.25) is 0 Å². The van der Waals surface area contributed by atoms with Gasteiger partial charge in [0.25, 0.3) is 0 Å². The van der Waals surface area contributed by atoms with Crippen molar-refractivity contribution in [2.45, 2.75) is 70.3 Å². The molecule has 3 nitrogen and oxygen atoms in total. The van der Waals surface area contributed by atoms with Crippen molar-refractivity contribution in [1.29, 1.82) is 0 Å². The molecule has 0 unspecified atom stereocenters. The normalized spacial score (nSPS) is 23.9. The molecule has 0 aliphatic heterocycles. The van der Waals surface area contributed by atoms with Crippen molar-refractivity contribution < 1.29 is 4.79 Å². The van der Waals surface area contributed by atoms with Gasteiger partial charge in [0.15, 0.2) is 0 Å². The van der Waals surface area contributed by atoms with Crippen LogP contribution in [0.3, 0.4) is 0 Å². The van der Waals surface area contributed by atoms with Crippen LogP contribution in [0.1, 0.15) is 64.7 Å². The molecule has 2 saturated carbocycles. The van der Waals surface area contributed by atoms with E-state index in [-0.39, 0.29) is 18.3 Å². The van der Waals surface area contributed by atoms with Gasteiger partial charge in [0.1, 0.15) is 0 Å². The summed E-state index contributed by atoms with van der Waals surface area (Å²) in [6.07, 6.45) is 10.3. The highest BCUT2D eigenvalue weighted by molar-refractivity contribution is 5.86. The minimum Gasteiger partial charge on any atom is -0.354 e. The number of nitrogens with two attached hydrogens (primary N) is 1. The zero-order valence-corrected chi connectivity index (χ0v) is 12.3. The molecule has 0 radical (unpaired) electrons. The van der Waals surface area contributed by atoms with E-state index in [1.54, 1.807) is 0 Å². The first-order valence-corrected chi connectivity index (χ1v) is 7.17. The average Bonchev–Trinajstić information content (AvgIpc) is 2.70. The number of halogens is 1. The number of hydrogen-bond donors (Lipinski definition) is 2. The molecule has 106 valence electrons. The second kappa shape index (κ2) is 6.25. The standard InChI is InChI=1S/C14H26N2O.ClH/c1-2-6-13(7-5-8-13)11-16-12(17)14(15)9-3-4-10-14;/h2-11,15H2,1H3,(H,16,17);1H. The molecule has 0 bridgehead atoms. The van der Waals surface area contributed by atoms with Gasteiger partial charge in [0, 0.05) is 6.54 Å². The first kappa shape index (κ1) is 15.8. The summed E-state index contributed by atoms with van der Waals surface area (Å²) in [7, 11) is 0. The maximum atomic E-state index is 12.1. The van der Waals surface area contributed by atoms with Gasteiger partial charge in [-0.1, -0.05) is 32.6 Å². The molecular weight excluding hydrogens is 248 g/mol. The number of carbonyl (C=O) groups excluding carboxylic acids is 1. The van der Waals surface area contributed by atoms with Crippen LogP contribution in [-0.2, 0) is 4.79 Å². The molecule has 2 aliphatic carbocycles. The predicted molar refractivity (Wildman–Crippen MR) is 76.8 cm³/mol. The van der Waals surface area contributed by atoms with Crippen LogP contribution in [0, 0.1) is 5.41 Å². The minimum absolute atomic E-state index is 0. The molecule has 2 fully saturated rings. The van der Waals surface area contributed by atoms with Gasteiger partial charge in [-0.3, -0.25) is 4.79 Å². The van der Waals surface area contributed by atoms with Gasteiger partial charge < -0.3 is 11.1 Å². The summed E-state index contributed by atoms with van der Waals surface area (Å²) in [5.74, 6) is 0.0948. The van der Waals surface area contributed by atoms with Gasteiger partial charge in [-0.2, -0.15) is 0 Å². The fraction of sp³-hybridized carbons (Fsp3) is 0.929. The van der Waals surface area contributed by atoms with Crippen LogP contribution < -0.4 is 11.1 Å². The summed E-state index contributed by atoms with van der Waals surface area (Å²) in [5.41, 5.74) is 6.00. The van der Waals surface area contributed by atoms with E-state index in [9.17, 15) is 4.79 Å². The first-order chi connectivity index (χ1) is 8.10. The molecule has 18 heavy (non-hydrogen) atoms. The fourth-order valence-electron chi connectivity index (χ4n) is 3.40. The number of carbonyl (C=O) groups is 1. The average molecular weight is 275 g/mol. The third kappa shape index (κ3) is 3.18. The van der Waals surface area contributed by atoms with E-state index in [2.05, 4.69) is 12.2 Å². The van der Waals surface area contributed by atoms with E-state index >= 15 is 0 Å². The highest BCUT2D eigenvalue weighted by atomic mass is 35.5. The number of nitrogens with one attached hydrogen (secondary N) is 1. The summed E-state index contributed by atoms with van der Waals surface area (Å²) in [4.78, 5) is 12.1. The Labute approximate surface area is 117 Å². The fourth-order valence-corrected chi connectivity index (χ4v) is 3.40. The summed E-state index contributed by atoms with van der Waals surface area (Å²) in [6, 6.07) is 0. The Balaban J connectivity index is 0.00000162. The van der Waals surface area contributed by atoms with E-state index < -0.39 is 5.54 Å². The van der Waals surface area contributed by atoms with Gasteiger partial charge in [-0.05, 0) is 37.5 Å². The highest BCUT2D eigenvalue weighted by Crippen LogP contribution is 2.44. The second-order valence-corrected chi connectivity index (χ2v) is 6.15. The van der Waals surface area contributed by atoms with Crippen LogP contribution >= 0.6 is 12.4 Å². The summed E-state index contributed by atoms with van der Waals surface area (Å²) in [6.45, 7) is 3.07. The number of hydrogen-bond acceptors (Lipinski definition) is 2. The number of amides is 1. The van der Waals surface area contributed by atoms with E-state index in [0.29, 0.717) is 5.41 Å². The number of rotatable bonds is 5. The largest absolute Gasteiger partial charge is 0.354 e. The molecule has 4 heteroatoms. The van der Waals surface area contributed by atoms with Crippen molar-refractivity contribution >= 4 is 18.3 Å². The lowest BCUT2D eigenvalue weighted by Crippen LogP contribution is -2.54. The maximum absolute atomic E-state index is 12.1. The minimum atomic E-state index is -0.558. The third-order valence-corrected chi connectivity index (χ3v) is 4.77. The van der Waals surface area contributed by atoms with Gasteiger partial charge in [0.2, 0.25) is 5.91 Å². The monoisotopic (exact) mass is 274 g/mol. The van der Waals surface area contributed by atoms with E-state index in [0.717, 1.165) is 32.2 Å². The molecule has 0 aromatic rings. The van der Waals surface area contributed by atoms with E-state index in [1.165, 1.54) is 32.1 Å². The quantitative estimate of drug-likeness (QED) is 0.810. The molecule has 2 aliphatic rings. The van der Waals surface area contributed by atoms with Crippen LogP contribution in [0.4, 0.5) is 0 Å². The molecular formula is C14H27ClN2O. The SMILES string of the molecule is CCCC1(CNC(=O)C2(N)CCCC2)CCC1.Cl. The lowest BCUT2D eigenvalue weighted by Gasteiger charge is -2.42. The van der Waals surface area contributed by atoms with Gasteiger partial charge >= 0.3 is 0 Å². The van der Waals surface area contributed by atoms with Gasteiger partial charge in [-0.15, -0.1) is 12.4 Å². The van der Waals surface area contributed by atoms with Crippen molar-refractivity contribution in [3.05, 3.63) is 0 Å². The zero-order chi connectivity index (χ0) is 12.4. The first-order valence-electron chi connectivity index (χ1n) is 7.17. The molecule has 2 rings (SSSR count). The topological polar surface area (TPSA) is 55.1 Å². The van der Waals surface area contributed by atoms with Crippen molar-refractivity contribution in [2.75, 3.05) is 6.54 Å². The Kier molecular flexibility index (Phi) is 5.47. The Bertz CT molecular complexity index is 284. The molecule has 1 amide bonds. The Morgan fingerprint density at radius 1 is 1.17 bits per heavy atom. The van der Waals surface area contributed by atoms with Crippen molar-refractivity contribution in [3.63, 3.8) is 0 Å². The van der Waals surface area contributed by atoms with Gasteiger partial charge in [-0.25, -0.2) is 0 Å². The lowest BCUT2D eigenvalue weighted by atomic mass is 9.66. The van der Waals surface area contributed by atoms with Crippen LogP contribution in [0.5, 0.6) is 0 Å². The molecule has 0 aromatic carbocycles. The Morgan fingerprint density at radius 3 is 2.22 bits per heavy atom. The van der Waals surface area contributed by atoms with Crippen LogP contribution in [0.25, 0.3) is 0 Å². The summed E-state index contributed by atoms with van der Waals surface area (Å²) in [5, 5.41) is 3.13. The smallest absolute Gasteiger partial charge is 0.240 e. The molecule has 0 aromatic heterocycles. The third-order valence-electron chi connectivity index (χ3n) is 4.77. The second-order valence-electron chi connectivity index (χ2n) is 6.15. The molecule has 0 atom stereocenters. The highest BCUT2D eigenvalue weighted by Gasteiger charge is 2.40. The van der Waals surface area contributed by atoms with E-state index in [1.807, 2.05) is 0 Å². The van der Waals surface area contributed by atoms with Crippen molar-refractivity contribution in [3.8, 4) is 0 Å². The van der Waals surface area contributed by atoms with Crippen molar-refractivity contribution in [2.24, 2.45) is 11.1 Å². The maximum Gasteiger partial charge on any atom is 0.240 e. The zero-order valence-electron chi connectivity index (χ0n) is 11.5. The Morgan fingerprint density at radius 2 is 1.78 bits per heavy atom. The lowest BCUT2D eigenvalue weighted by molar-refractivity contribution is -0.127. The predicted octanol–water partition coefficient (Wildman–Crippen LogP) is 2.77. The summed E-state index contributed by atoms with van der Waals surface area (Å²) < 4.78 is 0. The van der Waals surface area contributed by atoms with Crippen LogP contribution in [0.15, 0.2) is 0 Å². The van der Waals surface area contributed by atoms with Crippen LogP contribution in [-0.4, -0.2) is 18.0 Å². The summed E-state index contributed by atoms with van der Waals surface area (Å²) >= 11 is 0. The van der Waals surface area contributed by atoms with E-state index in [4.69, 9.17) is 5.73 Å². The molecule has 0 heterocycles. The molecule has 0 saturated heterocycles.